The van der Waals surface area contributed by atoms with Gasteiger partial charge < -0.3 is 19.6 Å². The zero-order valence-electron chi connectivity index (χ0n) is 22.5. The molecule has 0 aliphatic heterocycles. The standard InChI is InChI=1S/C29H26F3N3O6S/c1-39-26(36)22(33-27(37)29(30,31)32)16-18-8-11-21(12-9-18)41-15-14-35-23-13-10-20(17-24(23)42-28(35)38)25(34-40-2)19-6-4-3-5-7-19/h3-13,17,22H,14-16H2,1-2H3,(H,33,37). The first kappa shape index (κ1) is 30.3. The summed E-state index contributed by atoms with van der Waals surface area (Å²) in [6.07, 6.45) is -5.35. The van der Waals surface area contributed by atoms with E-state index in [0.29, 0.717) is 17.0 Å². The maximum atomic E-state index is 12.8. The highest BCUT2D eigenvalue weighted by Gasteiger charge is 2.41. The molecule has 3 aromatic carbocycles. The first-order chi connectivity index (χ1) is 20.1. The summed E-state index contributed by atoms with van der Waals surface area (Å²) in [5.41, 5.74) is 3.53. The number of alkyl halides is 3. The predicted octanol–water partition coefficient (Wildman–Crippen LogP) is 4.30. The number of nitrogens with zero attached hydrogens (tertiary/aromatic N) is 2. The van der Waals surface area contributed by atoms with E-state index in [0.717, 1.165) is 39.8 Å². The van der Waals surface area contributed by atoms with Crippen molar-refractivity contribution in [2.45, 2.75) is 25.2 Å². The number of hydrogen-bond donors (Lipinski definition) is 1. The van der Waals surface area contributed by atoms with Crippen molar-refractivity contribution in [3.63, 3.8) is 0 Å². The molecular formula is C29H26F3N3O6S. The molecule has 0 spiro atoms. The van der Waals surface area contributed by atoms with Crippen molar-refractivity contribution in [1.29, 1.82) is 0 Å². The molecular weight excluding hydrogens is 575 g/mol. The van der Waals surface area contributed by atoms with Gasteiger partial charge in [0, 0.05) is 17.5 Å². The van der Waals surface area contributed by atoms with Crippen LogP contribution in [0.15, 0.2) is 82.7 Å². The number of amides is 1. The lowest BCUT2D eigenvalue weighted by Crippen LogP contribution is -2.48. The number of esters is 1. The highest BCUT2D eigenvalue weighted by Crippen LogP contribution is 2.22. The second-order valence-corrected chi connectivity index (χ2v) is 9.93. The molecule has 4 aromatic rings. The molecule has 0 saturated heterocycles. The van der Waals surface area contributed by atoms with Crippen molar-refractivity contribution >= 4 is 39.1 Å². The highest BCUT2D eigenvalue weighted by atomic mass is 32.1. The molecule has 0 fully saturated rings. The van der Waals surface area contributed by atoms with E-state index in [-0.39, 0.29) is 24.4 Å². The van der Waals surface area contributed by atoms with Gasteiger partial charge in [-0.15, -0.1) is 0 Å². The fourth-order valence-electron chi connectivity index (χ4n) is 4.17. The number of hydrogen-bond acceptors (Lipinski definition) is 8. The minimum absolute atomic E-state index is 0.152. The van der Waals surface area contributed by atoms with Gasteiger partial charge in [-0.1, -0.05) is 65.0 Å². The van der Waals surface area contributed by atoms with Gasteiger partial charge in [-0.25, -0.2) is 4.79 Å². The van der Waals surface area contributed by atoms with Gasteiger partial charge in [0.15, 0.2) is 0 Å². The average molecular weight is 602 g/mol. The minimum Gasteiger partial charge on any atom is -0.492 e. The van der Waals surface area contributed by atoms with Crippen molar-refractivity contribution < 1.29 is 37.1 Å². The van der Waals surface area contributed by atoms with Gasteiger partial charge in [0.05, 0.1) is 23.9 Å². The molecule has 9 nitrogen and oxygen atoms in total. The molecule has 0 aliphatic rings. The van der Waals surface area contributed by atoms with E-state index in [4.69, 9.17) is 9.57 Å². The molecule has 0 aliphatic carbocycles. The van der Waals surface area contributed by atoms with Gasteiger partial charge >= 0.3 is 22.9 Å². The molecule has 0 saturated carbocycles. The van der Waals surface area contributed by atoms with Gasteiger partial charge in [0.1, 0.15) is 31.2 Å². The molecule has 220 valence electrons. The summed E-state index contributed by atoms with van der Waals surface area (Å²) in [4.78, 5) is 40.8. The maximum Gasteiger partial charge on any atom is 0.471 e. The van der Waals surface area contributed by atoms with Gasteiger partial charge in [0.25, 0.3) is 0 Å². The topological polar surface area (TPSA) is 108 Å². The number of thiazole rings is 1. The van der Waals surface area contributed by atoms with E-state index in [1.165, 1.54) is 7.11 Å². The fourth-order valence-corrected chi connectivity index (χ4v) is 5.13. The Morgan fingerprint density at radius 3 is 2.36 bits per heavy atom. The molecule has 1 unspecified atom stereocenters. The second-order valence-electron chi connectivity index (χ2n) is 8.93. The van der Waals surface area contributed by atoms with E-state index in [9.17, 15) is 27.6 Å². The summed E-state index contributed by atoms with van der Waals surface area (Å²) in [7, 11) is 2.49. The lowest BCUT2D eigenvalue weighted by Gasteiger charge is -2.17. The van der Waals surface area contributed by atoms with Crippen LogP contribution >= 0.6 is 11.3 Å². The van der Waals surface area contributed by atoms with Crippen LogP contribution in [0.5, 0.6) is 5.75 Å². The van der Waals surface area contributed by atoms with Crippen LogP contribution < -0.4 is 14.9 Å². The van der Waals surface area contributed by atoms with Crippen LogP contribution in [0.3, 0.4) is 0 Å². The summed E-state index contributed by atoms with van der Waals surface area (Å²) < 4.78 is 50.6. The Labute approximate surface area is 242 Å². The van der Waals surface area contributed by atoms with Crippen LogP contribution in [0.4, 0.5) is 13.2 Å². The average Bonchev–Trinajstić information content (AvgIpc) is 3.29. The van der Waals surface area contributed by atoms with Gasteiger partial charge in [-0.2, -0.15) is 13.2 Å². The maximum absolute atomic E-state index is 12.8. The third-order valence-electron chi connectivity index (χ3n) is 6.17. The van der Waals surface area contributed by atoms with E-state index in [1.54, 1.807) is 34.1 Å². The molecule has 0 radical (unpaired) electrons. The number of ether oxygens (including phenoxy) is 2. The summed E-state index contributed by atoms with van der Waals surface area (Å²) in [5.74, 6) is -2.79. The van der Waals surface area contributed by atoms with E-state index in [2.05, 4.69) is 9.89 Å². The smallest absolute Gasteiger partial charge is 0.471 e. The van der Waals surface area contributed by atoms with E-state index < -0.39 is 24.1 Å². The van der Waals surface area contributed by atoms with E-state index >= 15 is 0 Å². The Kier molecular flexibility index (Phi) is 9.63. The molecule has 1 aromatic heterocycles. The minimum atomic E-state index is -5.13. The molecule has 1 heterocycles. The molecule has 1 atom stereocenters. The number of benzene rings is 3. The van der Waals surface area contributed by atoms with Gasteiger partial charge in [-0.05, 0) is 29.8 Å². The molecule has 42 heavy (non-hydrogen) atoms. The monoisotopic (exact) mass is 601 g/mol. The van der Waals surface area contributed by atoms with Crippen molar-refractivity contribution in [3.05, 3.63) is 99.2 Å². The number of methoxy groups -OCH3 is 1. The van der Waals surface area contributed by atoms with Crippen LogP contribution in [0.1, 0.15) is 16.7 Å². The summed E-state index contributed by atoms with van der Waals surface area (Å²) in [6.45, 7) is 0.436. The number of carbonyl (C=O) groups excluding carboxylic acids is 2. The lowest BCUT2D eigenvalue weighted by molar-refractivity contribution is -0.175. The van der Waals surface area contributed by atoms with Crippen LogP contribution in [0.25, 0.3) is 10.2 Å². The van der Waals surface area contributed by atoms with Crippen LogP contribution in [0, 0.1) is 0 Å². The SMILES string of the molecule is CON=C(c1ccccc1)c1ccc2c(c1)sc(=O)n2CCOc1ccc(CC(NC(=O)C(F)(F)F)C(=O)OC)cc1. The Bertz CT molecular complexity index is 1630. The number of nitrogens with one attached hydrogen (secondary N) is 1. The quantitative estimate of drug-likeness (QED) is 0.156. The lowest BCUT2D eigenvalue weighted by atomic mass is 10.0. The van der Waals surface area contributed by atoms with Crippen LogP contribution in [-0.2, 0) is 32.1 Å². The molecule has 1 N–H and O–H groups in total. The first-order valence-corrected chi connectivity index (χ1v) is 13.4. The fraction of sp³-hybridized carbons (Fsp3) is 0.241. The van der Waals surface area contributed by atoms with Gasteiger partial charge in [0.2, 0.25) is 0 Å². The molecule has 1 amide bonds. The van der Waals surface area contributed by atoms with Crippen molar-refractivity contribution in [2.75, 3.05) is 20.8 Å². The summed E-state index contributed by atoms with van der Waals surface area (Å²) >= 11 is 1.11. The van der Waals surface area contributed by atoms with Crippen LogP contribution in [-0.4, -0.2) is 55.2 Å². The zero-order valence-corrected chi connectivity index (χ0v) is 23.3. The largest absolute Gasteiger partial charge is 0.492 e. The van der Waals surface area contributed by atoms with Crippen LogP contribution in [0.2, 0.25) is 0 Å². The zero-order chi connectivity index (χ0) is 30.3. The Morgan fingerprint density at radius 2 is 1.71 bits per heavy atom. The normalized spacial score (nSPS) is 12.5. The number of carbonyl (C=O) groups is 2. The number of aromatic nitrogens is 1. The predicted molar refractivity (Wildman–Crippen MR) is 151 cm³/mol. The second kappa shape index (κ2) is 13.3. The first-order valence-electron chi connectivity index (χ1n) is 12.6. The Balaban J connectivity index is 1.41. The number of fused-ring (bicyclic) bond motifs is 1. The third-order valence-corrected chi connectivity index (χ3v) is 7.11. The van der Waals surface area contributed by atoms with Crippen molar-refractivity contribution in [3.8, 4) is 5.75 Å². The third kappa shape index (κ3) is 7.35. The number of halogens is 3. The number of rotatable bonds is 11. The Hall–Kier alpha value is -4.65. The number of oxime groups is 1. The molecule has 0 bridgehead atoms. The summed E-state index contributed by atoms with van der Waals surface area (Å²) in [5, 5.41) is 5.82. The molecule has 13 heteroatoms. The van der Waals surface area contributed by atoms with Crippen molar-refractivity contribution in [2.24, 2.45) is 5.16 Å². The van der Waals surface area contributed by atoms with E-state index in [1.807, 2.05) is 48.5 Å². The highest BCUT2D eigenvalue weighted by molar-refractivity contribution is 7.16. The molecule has 4 rings (SSSR count). The Morgan fingerprint density at radius 1 is 1.00 bits per heavy atom. The summed E-state index contributed by atoms with van der Waals surface area (Å²) in [6, 6.07) is 19.9. The van der Waals surface area contributed by atoms with Gasteiger partial charge in [-0.3, -0.25) is 14.2 Å². The van der Waals surface area contributed by atoms with Crippen molar-refractivity contribution in [1.82, 2.24) is 9.88 Å².